The second-order valence-electron chi connectivity index (χ2n) is 5.50. The van der Waals surface area contributed by atoms with Crippen LogP contribution in [0.15, 0.2) is 28.7 Å². The fourth-order valence-electron chi connectivity index (χ4n) is 3.15. The minimum atomic E-state index is 0.605. The minimum Gasteiger partial charge on any atom is -0.423 e. The average Bonchev–Trinajstić information content (AvgIpc) is 3.14. The molecule has 2 aliphatic rings. The minimum absolute atomic E-state index is 0.605. The molecular weight excluding hydrogens is 254 g/mol. The summed E-state index contributed by atoms with van der Waals surface area (Å²) < 4.78 is 11.3. The van der Waals surface area contributed by atoms with Gasteiger partial charge in [0.15, 0.2) is 5.58 Å². The summed E-state index contributed by atoms with van der Waals surface area (Å²) in [5.41, 5.74) is 1.81. The SMILES string of the molecule is c1ccc2oc(N3CCC(N4CCOCC4)C3)nc2c1. The van der Waals surface area contributed by atoms with Crippen LogP contribution in [0.5, 0.6) is 0 Å². The van der Waals surface area contributed by atoms with E-state index in [1.807, 2.05) is 24.3 Å². The average molecular weight is 273 g/mol. The third kappa shape index (κ3) is 2.17. The monoisotopic (exact) mass is 273 g/mol. The molecule has 0 bridgehead atoms. The van der Waals surface area contributed by atoms with Crippen LogP contribution in [0.4, 0.5) is 6.01 Å². The van der Waals surface area contributed by atoms with Gasteiger partial charge in [-0.15, -0.1) is 0 Å². The fourth-order valence-corrected chi connectivity index (χ4v) is 3.15. The van der Waals surface area contributed by atoms with E-state index >= 15 is 0 Å². The van der Waals surface area contributed by atoms with Crippen LogP contribution in [0.1, 0.15) is 6.42 Å². The molecular formula is C15H19N3O2. The summed E-state index contributed by atoms with van der Waals surface area (Å²) in [5, 5.41) is 0. The molecule has 106 valence electrons. The largest absolute Gasteiger partial charge is 0.423 e. The number of rotatable bonds is 2. The molecule has 0 N–H and O–H groups in total. The summed E-state index contributed by atoms with van der Waals surface area (Å²) in [5.74, 6) is 0. The summed E-state index contributed by atoms with van der Waals surface area (Å²) in [4.78, 5) is 9.39. The van der Waals surface area contributed by atoms with Crippen LogP contribution in [0, 0.1) is 0 Å². The maximum atomic E-state index is 5.86. The summed E-state index contributed by atoms with van der Waals surface area (Å²) in [6.07, 6.45) is 1.18. The highest BCUT2D eigenvalue weighted by molar-refractivity contribution is 5.74. The molecule has 20 heavy (non-hydrogen) atoms. The Labute approximate surface area is 118 Å². The van der Waals surface area contributed by atoms with Gasteiger partial charge < -0.3 is 14.1 Å². The van der Waals surface area contributed by atoms with Gasteiger partial charge in [0.1, 0.15) is 5.52 Å². The highest BCUT2D eigenvalue weighted by atomic mass is 16.5. The van der Waals surface area contributed by atoms with Gasteiger partial charge in [-0.25, -0.2) is 0 Å². The summed E-state index contributed by atoms with van der Waals surface area (Å²) in [6, 6.07) is 9.32. The van der Waals surface area contributed by atoms with Crippen LogP contribution in [0.25, 0.3) is 11.1 Å². The molecule has 2 aromatic rings. The molecule has 0 radical (unpaired) electrons. The van der Waals surface area contributed by atoms with Crippen molar-refractivity contribution in [2.24, 2.45) is 0 Å². The van der Waals surface area contributed by atoms with E-state index in [0.29, 0.717) is 6.04 Å². The molecule has 0 amide bonds. The van der Waals surface area contributed by atoms with Gasteiger partial charge in [0.2, 0.25) is 0 Å². The predicted molar refractivity (Wildman–Crippen MR) is 77.0 cm³/mol. The van der Waals surface area contributed by atoms with E-state index in [2.05, 4.69) is 14.8 Å². The molecule has 2 saturated heterocycles. The Morgan fingerprint density at radius 3 is 2.80 bits per heavy atom. The van der Waals surface area contributed by atoms with Crippen molar-refractivity contribution in [2.45, 2.75) is 12.5 Å². The molecule has 2 aliphatic heterocycles. The Bertz CT molecular complexity index is 559. The zero-order valence-electron chi connectivity index (χ0n) is 11.5. The van der Waals surface area contributed by atoms with Gasteiger partial charge >= 0.3 is 0 Å². The molecule has 1 atom stereocenters. The fraction of sp³-hybridized carbons (Fsp3) is 0.533. The predicted octanol–water partition coefficient (Wildman–Crippen LogP) is 1.74. The lowest BCUT2D eigenvalue weighted by Crippen LogP contribution is -2.44. The molecule has 0 aliphatic carbocycles. The molecule has 1 aromatic carbocycles. The van der Waals surface area contributed by atoms with E-state index < -0.39 is 0 Å². The first-order chi connectivity index (χ1) is 9.90. The Morgan fingerprint density at radius 2 is 1.95 bits per heavy atom. The number of morpholine rings is 1. The number of hydrogen-bond acceptors (Lipinski definition) is 5. The third-order valence-corrected chi connectivity index (χ3v) is 4.28. The maximum Gasteiger partial charge on any atom is 0.298 e. The summed E-state index contributed by atoms with van der Waals surface area (Å²) in [7, 11) is 0. The zero-order valence-corrected chi connectivity index (χ0v) is 11.5. The van der Waals surface area contributed by atoms with Gasteiger partial charge in [-0.05, 0) is 18.6 Å². The van der Waals surface area contributed by atoms with E-state index in [1.165, 1.54) is 6.42 Å². The zero-order chi connectivity index (χ0) is 13.4. The molecule has 1 unspecified atom stereocenters. The van der Waals surface area contributed by atoms with Crippen LogP contribution in [0.3, 0.4) is 0 Å². The Kier molecular flexibility index (Phi) is 3.09. The summed E-state index contributed by atoms with van der Waals surface area (Å²) >= 11 is 0. The van der Waals surface area contributed by atoms with Crippen LogP contribution >= 0.6 is 0 Å². The molecule has 4 rings (SSSR count). The molecule has 1 aromatic heterocycles. The first-order valence-electron chi connectivity index (χ1n) is 7.32. The van der Waals surface area contributed by atoms with Crippen LogP contribution in [0.2, 0.25) is 0 Å². The van der Waals surface area contributed by atoms with Gasteiger partial charge in [-0.1, -0.05) is 12.1 Å². The topological polar surface area (TPSA) is 41.7 Å². The lowest BCUT2D eigenvalue weighted by Gasteiger charge is -2.31. The lowest BCUT2D eigenvalue weighted by atomic mass is 10.2. The third-order valence-electron chi connectivity index (χ3n) is 4.28. The van der Waals surface area contributed by atoms with Crippen LogP contribution in [-0.4, -0.2) is 55.3 Å². The highest BCUT2D eigenvalue weighted by Gasteiger charge is 2.30. The van der Waals surface area contributed by atoms with Gasteiger partial charge in [-0.2, -0.15) is 4.98 Å². The number of hydrogen-bond donors (Lipinski definition) is 0. The van der Waals surface area contributed by atoms with Gasteiger partial charge in [0.25, 0.3) is 6.01 Å². The van der Waals surface area contributed by atoms with Crippen LogP contribution in [-0.2, 0) is 4.74 Å². The molecule has 5 heteroatoms. The van der Waals surface area contributed by atoms with E-state index in [1.54, 1.807) is 0 Å². The number of para-hydroxylation sites is 2. The smallest absolute Gasteiger partial charge is 0.298 e. The number of aromatic nitrogens is 1. The van der Waals surface area contributed by atoms with E-state index in [4.69, 9.17) is 9.15 Å². The first-order valence-corrected chi connectivity index (χ1v) is 7.32. The molecule has 3 heterocycles. The van der Waals surface area contributed by atoms with Crippen molar-refractivity contribution in [3.63, 3.8) is 0 Å². The standard InChI is InChI=1S/C15H19N3O2/c1-2-4-14-13(3-1)16-15(20-14)18-6-5-12(11-18)17-7-9-19-10-8-17/h1-4,12H,5-11H2. The number of nitrogens with zero attached hydrogens (tertiary/aromatic N) is 3. The number of fused-ring (bicyclic) bond motifs is 1. The van der Waals surface area contributed by atoms with Gasteiger partial charge in [0, 0.05) is 32.2 Å². The Morgan fingerprint density at radius 1 is 1.10 bits per heavy atom. The molecule has 0 saturated carbocycles. The van der Waals surface area contributed by atoms with Crippen molar-refractivity contribution in [2.75, 3.05) is 44.3 Å². The highest BCUT2D eigenvalue weighted by Crippen LogP contribution is 2.26. The van der Waals surface area contributed by atoms with Crippen molar-refractivity contribution in [1.82, 2.24) is 9.88 Å². The van der Waals surface area contributed by atoms with Crippen molar-refractivity contribution in [3.8, 4) is 0 Å². The number of ether oxygens (including phenoxy) is 1. The second-order valence-corrected chi connectivity index (χ2v) is 5.50. The van der Waals surface area contributed by atoms with Crippen molar-refractivity contribution in [3.05, 3.63) is 24.3 Å². The van der Waals surface area contributed by atoms with Crippen molar-refractivity contribution >= 4 is 17.1 Å². The van der Waals surface area contributed by atoms with E-state index in [0.717, 1.165) is 56.5 Å². The molecule has 5 nitrogen and oxygen atoms in total. The quantitative estimate of drug-likeness (QED) is 0.833. The lowest BCUT2D eigenvalue weighted by molar-refractivity contribution is 0.0209. The first kappa shape index (κ1) is 12.2. The second kappa shape index (κ2) is 5.07. The Balaban J connectivity index is 1.49. The van der Waals surface area contributed by atoms with Gasteiger partial charge in [-0.3, -0.25) is 4.90 Å². The Hall–Kier alpha value is -1.59. The van der Waals surface area contributed by atoms with Crippen molar-refractivity contribution in [1.29, 1.82) is 0 Å². The molecule has 2 fully saturated rings. The normalized spacial score (nSPS) is 24.6. The number of oxazole rings is 1. The maximum absolute atomic E-state index is 5.86. The summed E-state index contributed by atoms with van der Waals surface area (Å²) in [6.45, 7) is 5.85. The molecule has 0 spiro atoms. The van der Waals surface area contributed by atoms with Gasteiger partial charge in [0.05, 0.1) is 13.2 Å². The number of anilines is 1. The van der Waals surface area contributed by atoms with E-state index in [9.17, 15) is 0 Å². The number of benzene rings is 1. The van der Waals surface area contributed by atoms with Crippen LogP contribution < -0.4 is 4.90 Å². The van der Waals surface area contributed by atoms with E-state index in [-0.39, 0.29) is 0 Å². The van der Waals surface area contributed by atoms with Crippen molar-refractivity contribution < 1.29 is 9.15 Å².